The number of carbonyl (C=O) groups is 2. The summed E-state index contributed by atoms with van der Waals surface area (Å²) in [6.45, 7) is 1.72. The summed E-state index contributed by atoms with van der Waals surface area (Å²) in [6.07, 6.45) is 2.05. The quantitative estimate of drug-likeness (QED) is 0.372. The summed E-state index contributed by atoms with van der Waals surface area (Å²) < 4.78 is 13.3. The maximum Gasteiger partial charge on any atom is 0.508 e. The third kappa shape index (κ3) is 6.86. The van der Waals surface area contributed by atoms with Crippen molar-refractivity contribution >= 4 is 12.1 Å². The van der Waals surface area contributed by atoms with E-state index in [4.69, 9.17) is 0 Å². The number of carbonyl (C=O) groups excluding carboxylic acids is 2. The van der Waals surface area contributed by atoms with Gasteiger partial charge in [-0.1, -0.05) is 6.08 Å². The van der Waals surface area contributed by atoms with Gasteiger partial charge in [0.2, 0.25) is 0 Å². The van der Waals surface area contributed by atoms with Crippen LogP contribution in [0.5, 0.6) is 0 Å². The molecule has 0 aromatic rings. The second-order valence-corrected chi connectivity index (χ2v) is 1.97. The lowest BCUT2D eigenvalue weighted by Crippen LogP contribution is -2.12. The van der Waals surface area contributed by atoms with Crippen LogP contribution in [0.4, 0.5) is 4.79 Å². The molecule has 0 aliphatic rings. The molecule has 0 radical (unpaired) electrons. The first kappa shape index (κ1) is 11.5. The molecule has 5 heteroatoms. The molecule has 0 heterocycles. The van der Waals surface area contributed by atoms with Crippen molar-refractivity contribution in [2.75, 3.05) is 20.3 Å². The molecule has 74 valence electrons. The van der Waals surface area contributed by atoms with Gasteiger partial charge in [0, 0.05) is 6.08 Å². The van der Waals surface area contributed by atoms with Gasteiger partial charge in [0.1, 0.15) is 13.2 Å². The van der Waals surface area contributed by atoms with Crippen LogP contribution < -0.4 is 0 Å². The van der Waals surface area contributed by atoms with Crippen LogP contribution in [-0.2, 0) is 19.0 Å². The molecule has 0 N–H and O–H groups in total. The lowest BCUT2D eigenvalue weighted by molar-refractivity contribution is -0.138. The van der Waals surface area contributed by atoms with Crippen LogP contribution >= 0.6 is 0 Å². The number of hydrogen-bond donors (Lipinski definition) is 0. The van der Waals surface area contributed by atoms with Crippen molar-refractivity contribution in [2.24, 2.45) is 0 Å². The molecule has 0 rings (SSSR count). The highest BCUT2D eigenvalue weighted by Gasteiger charge is 2.00. The van der Waals surface area contributed by atoms with Crippen LogP contribution in [0.2, 0.25) is 0 Å². The fourth-order valence-corrected chi connectivity index (χ4v) is 0.510. The van der Waals surface area contributed by atoms with Crippen LogP contribution in [0.1, 0.15) is 6.92 Å². The first-order valence-electron chi connectivity index (χ1n) is 3.71. The summed E-state index contributed by atoms with van der Waals surface area (Å²) in [5, 5.41) is 0. The number of allylic oxidation sites excluding steroid dienone is 1. The number of ether oxygens (including phenoxy) is 3. The summed E-state index contributed by atoms with van der Waals surface area (Å²) in [4.78, 5) is 21.1. The van der Waals surface area contributed by atoms with Crippen LogP contribution in [0.15, 0.2) is 12.2 Å². The first-order chi connectivity index (χ1) is 6.20. The maximum absolute atomic E-state index is 10.7. The monoisotopic (exact) mass is 188 g/mol. The Bertz CT molecular complexity index is 197. The minimum absolute atomic E-state index is 0.00400. The molecule has 5 nitrogen and oxygen atoms in total. The molecule has 0 unspecified atom stereocenters. The van der Waals surface area contributed by atoms with Crippen molar-refractivity contribution in [3.05, 3.63) is 12.2 Å². The fourth-order valence-electron chi connectivity index (χ4n) is 0.510. The number of hydrogen-bond acceptors (Lipinski definition) is 5. The van der Waals surface area contributed by atoms with Crippen molar-refractivity contribution in [1.82, 2.24) is 0 Å². The molecule has 0 aromatic heterocycles. The third-order valence-corrected chi connectivity index (χ3v) is 1.02. The molecule has 0 amide bonds. The average molecular weight is 188 g/mol. The largest absolute Gasteiger partial charge is 0.508 e. The van der Waals surface area contributed by atoms with E-state index in [1.165, 1.54) is 13.2 Å². The van der Waals surface area contributed by atoms with Crippen LogP contribution in [0, 0.1) is 0 Å². The molecule has 0 bridgehead atoms. The minimum Gasteiger partial charge on any atom is -0.459 e. The van der Waals surface area contributed by atoms with Gasteiger partial charge in [0.05, 0.1) is 7.11 Å². The van der Waals surface area contributed by atoms with E-state index in [1.54, 1.807) is 13.0 Å². The standard InChI is InChI=1S/C8H12O5/c1-3-4-7(9)12-5-6-13-8(10)11-2/h3-4H,5-6H2,1-2H3/b4-3-. The summed E-state index contributed by atoms with van der Waals surface area (Å²) in [7, 11) is 1.20. The molecule has 0 aromatic carbocycles. The van der Waals surface area contributed by atoms with E-state index in [-0.39, 0.29) is 13.2 Å². The Balaban J connectivity index is 3.35. The third-order valence-electron chi connectivity index (χ3n) is 1.02. The van der Waals surface area contributed by atoms with Crippen molar-refractivity contribution in [3.63, 3.8) is 0 Å². The highest BCUT2D eigenvalue weighted by molar-refractivity contribution is 5.81. The van der Waals surface area contributed by atoms with E-state index < -0.39 is 12.1 Å². The Hall–Kier alpha value is -1.52. The Morgan fingerprint density at radius 2 is 1.85 bits per heavy atom. The lowest BCUT2D eigenvalue weighted by atomic mass is 10.5. The zero-order chi connectivity index (χ0) is 10.1. The molecular formula is C8H12O5. The van der Waals surface area contributed by atoms with E-state index in [0.29, 0.717) is 0 Å². The van der Waals surface area contributed by atoms with Gasteiger partial charge >= 0.3 is 12.1 Å². The normalized spacial score (nSPS) is 9.69. The molecule has 0 aliphatic heterocycles. The molecule has 0 saturated carbocycles. The SMILES string of the molecule is C/C=C\C(=O)OCCOC(=O)OC. The maximum atomic E-state index is 10.7. The van der Waals surface area contributed by atoms with E-state index in [9.17, 15) is 9.59 Å². The molecule has 0 aliphatic carbocycles. The van der Waals surface area contributed by atoms with Gasteiger partial charge < -0.3 is 14.2 Å². The fraction of sp³-hybridized carbons (Fsp3) is 0.500. The van der Waals surface area contributed by atoms with Gasteiger partial charge in [-0.3, -0.25) is 0 Å². The van der Waals surface area contributed by atoms with E-state index >= 15 is 0 Å². The topological polar surface area (TPSA) is 61.8 Å². The van der Waals surface area contributed by atoms with Gasteiger partial charge in [-0.15, -0.1) is 0 Å². The lowest BCUT2D eigenvalue weighted by Gasteiger charge is -2.02. The van der Waals surface area contributed by atoms with Gasteiger partial charge in [0.15, 0.2) is 0 Å². The highest BCUT2D eigenvalue weighted by atomic mass is 16.7. The van der Waals surface area contributed by atoms with Gasteiger partial charge in [-0.2, -0.15) is 0 Å². The van der Waals surface area contributed by atoms with E-state index in [2.05, 4.69) is 14.2 Å². The van der Waals surface area contributed by atoms with Gasteiger partial charge in [-0.05, 0) is 6.92 Å². The van der Waals surface area contributed by atoms with Gasteiger partial charge in [0.25, 0.3) is 0 Å². The molecule has 0 saturated heterocycles. The van der Waals surface area contributed by atoms with Crippen molar-refractivity contribution < 1.29 is 23.8 Å². The molecule has 0 spiro atoms. The molecule has 0 atom stereocenters. The zero-order valence-corrected chi connectivity index (χ0v) is 7.61. The Morgan fingerprint density at radius 3 is 2.38 bits per heavy atom. The predicted octanol–water partition coefficient (Wildman–Crippen LogP) is 0.889. The van der Waals surface area contributed by atoms with E-state index in [1.807, 2.05) is 0 Å². The molecular weight excluding hydrogens is 176 g/mol. The summed E-state index contributed by atoms with van der Waals surface area (Å²) in [5.74, 6) is -0.462. The zero-order valence-electron chi connectivity index (χ0n) is 7.61. The Morgan fingerprint density at radius 1 is 1.23 bits per heavy atom. The number of esters is 1. The van der Waals surface area contributed by atoms with Crippen LogP contribution in [0.25, 0.3) is 0 Å². The minimum atomic E-state index is -0.790. The highest BCUT2D eigenvalue weighted by Crippen LogP contribution is 1.85. The van der Waals surface area contributed by atoms with Gasteiger partial charge in [-0.25, -0.2) is 9.59 Å². The van der Waals surface area contributed by atoms with Crippen LogP contribution in [-0.4, -0.2) is 32.4 Å². The number of methoxy groups -OCH3 is 1. The van der Waals surface area contributed by atoms with E-state index in [0.717, 1.165) is 0 Å². The Labute approximate surface area is 76.3 Å². The molecule has 13 heavy (non-hydrogen) atoms. The van der Waals surface area contributed by atoms with Crippen LogP contribution in [0.3, 0.4) is 0 Å². The average Bonchev–Trinajstić information content (AvgIpc) is 2.12. The predicted molar refractivity (Wildman–Crippen MR) is 44.1 cm³/mol. The Kier molecular flexibility index (Phi) is 6.31. The summed E-state index contributed by atoms with van der Waals surface area (Å²) in [5.41, 5.74) is 0. The summed E-state index contributed by atoms with van der Waals surface area (Å²) in [6, 6.07) is 0. The van der Waals surface area contributed by atoms with Crippen molar-refractivity contribution in [3.8, 4) is 0 Å². The first-order valence-corrected chi connectivity index (χ1v) is 3.71. The second kappa shape index (κ2) is 7.15. The molecule has 0 fully saturated rings. The number of rotatable bonds is 4. The van der Waals surface area contributed by atoms with Crippen molar-refractivity contribution in [2.45, 2.75) is 6.92 Å². The summed E-state index contributed by atoms with van der Waals surface area (Å²) >= 11 is 0. The second-order valence-electron chi connectivity index (χ2n) is 1.97. The van der Waals surface area contributed by atoms with Crippen molar-refractivity contribution in [1.29, 1.82) is 0 Å². The smallest absolute Gasteiger partial charge is 0.459 e.